The van der Waals surface area contributed by atoms with Crippen molar-refractivity contribution < 1.29 is 8.42 Å². The number of fused-ring (bicyclic) bond motifs is 1. The van der Waals surface area contributed by atoms with Gasteiger partial charge in [0.15, 0.2) is 4.34 Å². The van der Waals surface area contributed by atoms with E-state index < -0.39 is 10.0 Å². The molecule has 0 spiro atoms. The number of nitrogens with zero attached hydrogens (tertiary/aromatic N) is 1. The SMILES string of the molecule is Cc1ccc(NS(=O)(=O)CCCSc2nc3ccccc3s2)cc1Cl. The molecular formula is C17H17ClN2O2S3. The molecule has 8 heteroatoms. The highest BCUT2D eigenvalue weighted by atomic mass is 35.5. The van der Waals surface area contributed by atoms with E-state index in [0.717, 1.165) is 20.1 Å². The maximum atomic E-state index is 12.2. The number of benzene rings is 2. The largest absolute Gasteiger partial charge is 0.284 e. The molecule has 0 aliphatic carbocycles. The maximum Gasteiger partial charge on any atom is 0.232 e. The molecular weight excluding hydrogens is 396 g/mol. The molecule has 1 heterocycles. The first-order chi connectivity index (χ1) is 11.9. The fourth-order valence-corrected chi connectivity index (χ4v) is 5.76. The Morgan fingerprint density at radius 3 is 2.80 bits per heavy atom. The number of para-hydroxylation sites is 1. The number of hydrogen-bond donors (Lipinski definition) is 1. The number of rotatable bonds is 7. The van der Waals surface area contributed by atoms with Crippen LogP contribution in [0.3, 0.4) is 0 Å². The predicted octanol–water partition coefficient (Wildman–Crippen LogP) is 5.18. The molecule has 0 fully saturated rings. The van der Waals surface area contributed by atoms with E-state index in [1.165, 1.54) is 0 Å². The van der Waals surface area contributed by atoms with E-state index in [2.05, 4.69) is 9.71 Å². The quantitative estimate of drug-likeness (QED) is 0.429. The van der Waals surface area contributed by atoms with Gasteiger partial charge < -0.3 is 0 Å². The molecule has 3 aromatic rings. The van der Waals surface area contributed by atoms with Crippen molar-refractivity contribution in [1.82, 2.24) is 4.98 Å². The zero-order valence-electron chi connectivity index (χ0n) is 13.5. The summed E-state index contributed by atoms with van der Waals surface area (Å²) in [7, 11) is -3.38. The van der Waals surface area contributed by atoms with Crippen molar-refractivity contribution in [3.8, 4) is 0 Å². The van der Waals surface area contributed by atoms with Crippen molar-refractivity contribution in [1.29, 1.82) is 0 Å². The minimum Gasteiger partial charge on any atom is -0.284 e. The first-order valence-corrected chi connectivity index (χ1v) is 11.5. The molecule has 0 bridgehead atoms. The second-order valence-electron chi connectivity index (χ2n) is 5.53. The van der Waals surface area contributed by atoms with Crippen LogP contribution in [0.2, 0.25) is 5.02 Å². The highest BCUT2D eigenvalue weighted by Gasteiger charge is 2.12. The average Bonchev–Trinajstić information content (AvgIpc) is 2.98. The Kier molecular flexibility index (Phi) is 5.89. The van der Waals surface area contributed by atoms with Crippen LogP contribution in [0.1, 0.15) is 12.0 Å². The maximum absolute atomic E-state index is 12.2. The summed E-state index contributed by atoms with van der Waals surface area (Å²) >= 11 is 9.25. The van der Waals surface area contributed by atoms with Gasteiger partial charge in [-0.15, -0.1) is 11.3 Å². The van der Waals surface area contributed by atoms with Crippen molar-refractivity contribution in [2.45, 2.75) is 17.7 Å². The van der Waals surface area contributed by atoms with E-state index in [-0.39, 0.29) is 5.75 Å². The van der Waals surface area contributed by atoms with Crippen LogP contribution in [0.25, 0.3) is 10.2 Å². The fraction of sp³-hybridized carbons (Fsp3) is 0.235. The van der Waals surface area contributed by atoms with Crippen LogP contribution in [0.4, 0.5) is 5.69 Å². The lowest BCUT2D eigenvalue weighted by molar-refractivity contribution is 0.600. The molecule has 0 amide bonds. The number of thiazole rings is 1. The molecule has 1 N–H and O–H groups in total. The molecule has 25 heavy (non-hydrogen) atoms. The molecule has 3 rings (SSSR count). The van der Waals surface area contributed by atoms with Crippen LogP contribution in [0.15, 0.2) is 46.8 Å². The Morgan fingerprint density at radius 2 is 2.04 bits per heavy atom. The third-order valence-electron chi connectivity index (χ3n) is 3.50. The summed E-state index contributed by atoms with van der Waals surface area (Å²) < 4.78 is 29.0. The molecule has 4 nitrogen and oxygen atoms in total. The Balaban J connectivity index is 1.51. The van der Waals surface area contributed by atoms with Crippen molar-refractivity contribution in [2.24, 2.45) is 0 Å². The zero-order chi connectivity index (χ0) is 17.9. The third-order valence-corrected chi connectivity index (χ3v) is 7.55. The van der Waals surface area contributed by atoms with Gasteiger partial charge in [-0.25, -0.2) is 13.4 Å². The summed E-state index contributed by atoms with van der Waals surface area (Å²) in [5.41, 5.74) is 2.40. The van der Waals surface area contributed by atoms with E-state index in [1.54, 1.807) is 41.3 Å². The molecule has 0 saturated heterocycles. The lowest BCUT2D eigenvalue weighted by atomic mass is 10.2. The second-order valence-corrected chi connectivity index (χ2v) is 10.2. The van der Waals surface area contributed by atoms with Gasteiger partial charge in [0.2, 0.25) is 10.0 Å². The van der Waals surface area contributed by atoms with Crippen LogP contribution in [-0.2, 0) is 10.0 Å². The predicted molar refractivity (Wildman–Crippen MR) is 109 cm³/mol. The molecule has 0 aliphatic heterocycles. The lowest BCUT2D eigenvalue weighted by Gasteiger charge is -2.09. The number of sulfonamides is 1. The summed E-state index contributed by atoms with van der Waals surface area (Å²) in [6.07, 6.45) is 0.551. The molecule has 0 unspecified atom stereocenters. The smallest absolute Gasteiger partial charge is 0.232 e. The Labute approximate surface area is 160 Å². The monoisotopic (exact) mass is 412 g/mol. The van der Waals surface area contributed by atoms with E-state index in [1.807, 2.05) is 31.2 Å². The van der Waals surface area contributed by atoms with Crippen LogP contribution in [0, 0.1) is 6.92 Å². The highest BCUT2D eigenvalue weighted by Crippen LogP contribution is 2.29. The molecule has 0 aliphatic rings. The molecule has 0 saturated carbocycles. The van der Waals surface area contributed by atoms with Crippen LogP contribution in [-0.4, -0.2) is 24.9 Å². The number of halogens is 1. The average molecular weight is 413 g/mol. The summed E-state index contributed by atoms with van der Waals surface area (Å²) in [4.78, 5) is 4.53. The molecule has 2 aromatic carbocycles. The third kappa shape index (κ3) is 5.10. The van der Waals surface area contributed by atoms with Gasteiger partial charge in [0, 0.05) is 16.5 Å². The van der Waals surface area contributed by atoms with Crippen molar-refractivity contribution >= 4 is 60.6 Å². The molecule has 132 valence electrons. The van der Waals surface area contributed by atoms with Gasteiger partial charge in [0.25, 0.3) is 0 Å². The molecule has 0 atom stereocenters. The zero-order valence-corrected chi connectivity index (χ0v) is 16.7. The van der Waals surface area contributed by atoms with Gasteiger partial charge in [-0.2, -0.15) is 0 Å². The van der Waals surface area contributed by atoms with Crippen LogP contribution in [0.5, 0.6) is 0 Å². The number of aryl methyl sites for hydroxylation is 1. The Bertz CT molecular complexity index is 953. The normalized spacial score (nSPS) is 11.8. The molecule has 0 radical (unpaired) electrons. The summed E-state index contributed by atoms with van der Waals surface area (Å²) in [5, 5.41) is 0.548. The van der Waals surface area contributed by atoms with Crippen LogP contribution < -0.4 is 4.72 Å². The Hall–Kier alpha value is -1.28. The lowest BCUT2D eigenvalue weighted by Crippen LogP contribution is -2.17. The number of thioether (sulfide) groups is 1. The minimum atomic E-state index is -3.38. The number of aromatic nitrogens is 1. The number of anilines is 1. The standard InChI is InChI=1S/C17H17ClN2O2S3/c1-12-7-8-13(11-14(12)18)20-25(21,22)10-4-9-23-17-19-15-5-2-3-6-16(15)24-17/h2-3,5-8,11,20H,4,9-10H2,1H3. The fourth-order valence-electron chi connectivity index (χ4n) is 2.21. The molecule has 1 aromatic heterocycles. The number of hydrogen-bond acceptors (Lipinski definition) is 5. The topological polar surface area (TPSA) is 59.1 Å². The van der Waals surface area contributed by atoms with E-state index in [0.29, 0.717) is 22.9 Å². The van der Waals surface area contributed by atoms with E-state index >= 15 is 0 Å². The van der Waals surface area contributed by atoms with Crippen molar-refractivity contribution in [3.05, 3.63) is 53.1 Å². The van der Waals surface area contributed by atoms with Gasteiger partial charge >= 0.3 is 0 Å². The summed E-state index contributed by atoms with van der Waals surface area (Å²) in [6.45, 7) is 1.87. The van der Waals surface area contributed by atoms with E-state index in [9.17, 15) is 8.42 Å². The highest BCUT2D eigenvalue weighted by molar-refractivity contribution is 8.01. The van der Waals surface area contributed by atoms with Crippen LogP contribution >= 0.6 is 34.7 Å². The summed E-state index contributed by atoms with van der Waals surface area (Å²) in [6, 6.07) is 13.1. The first-order valence-electron chi connectivity index (χ1n) is 7.68. The minimum absolute atomic E-state index is 0.0659. The van der Waals surface area contributed by atoms with Gasteiger partial charge in [-0.1, -0.05) is 41.6 Å². The first kappa shape index (κ1) is 18.5. The van der Waals surface area contributed by atoms with E-state index in [4.69, 9.17) is 11.6 Å². The number of nitrogens with one attached hydrogen (secondary N) is 1. The van der Waals surface area contributed by atoms with Gasteiger partial charge in [-0.3, -0.25) is 4.72 Å². The summed E-state index contributed by atoms with van der Waals surface area (Å²) in [5.74, 6) is 0.770. The van der Waals surface area contributed by atoms with Crippen molar-refractivity contribution in [2.75, 3.05) is 16.2 Å². The van der Waals surface area contributed by atoms with Gasteiger partial charge in [-0.05, 0) is 43.2 Å². The Morgan fingerprint density at radius 1 is 1.24 bits per heavy atom. The van der Waals surface area contributed by atoms with Gasteiger partial charge in [0.1, 0.15) is 0 Å². The second kappa shape index (κ2) is 7.95. The van der Waals surface area contributed by atoms with Gasteiger partial charge in [0.05, 0.1) is 16.0 Å². The van der Waals surface area contributed by atoms with Crippen molar-refractivity contribution in [3.63, 3.8) is 0 Å².